The Morgan fingerprint density at radius 1 is 1.47 bits per heavy atom. The third kappa shape index (κ3) is 2.72. The zero-order chi connectivity index (χ0) is 12.3. The van der Waals surface area contributed by atoms with E-state index in [-0.39, 0.29) is 5.91 Å². The highest BCUT2D eigenvalue weighted by atomic mass is 16.1. The lowest BCUT2D eigenvalue weighted by Gasteiger charge is -2.03. The van der Waals surface area contributed by atoms with Gasteiger partial charge in [0.05, 0.1) is 18.3 Å². The zero-order valence-electron chi connectivity index (χ0n) is 9.87. The predicted molar refractivity (Wildman–Crippen MR) is 62.2 cm³/mol. The van der Waals surface area contributed by atoms with Crippen molar-refractivity contribution in [2.45, 2.75) is 26.8 Å². The van der Waals surface area contributed by atoms with Crippen LogP contribution in [-0.4, -0.2) is 26.3 Å². The van der Waals surface area contributed by atoms with Crippen LogP contribution in [0.5, 0.6) is 0 Å². The van der Waals surface area contributed by atoms with Crippen molar-refractivity contribution < 1.29 is 4.79 Å². The first-order chi connectivity index (χ1) is 8.16. The van der Waals surface area contributed by atoms with E-state index in [2.05, 4.69) is 25.7 Å². The Morgan fingerprint density at radius 3 is 2.88 bits per heavy atom. The SMILES string of the molecule is Cc1n[nH]c(C)c1CC(=O)NCc1cn[nH]c1. The predicted octanol–water partition coefficient (Wildman–Crippen LogP) is 0.609. The number of amides is 1. The molecule has 2 heterocycles. The second-order valence-corrected chi connectivity index (χ2v) is 3.97. The molecule has 0 radical (unpaired) electrons. The van der Waals surface area contributed by atoms with Gasteiger partial charge in [0, 0.05) is 29.6 Å². The number of aromatic amines is 2. The van der Waals surface area contributed by atoms with E-state index < -0.39 is 0 Å². The number of nitrogens with one attached hydrogen (secondary N) is 3. The molecule has 0 unspecified atom stereocenters. The van der Waals surface area contributed by atoms with Crippen molar-refractivity contribution in [3.63, 3.8) is 0 Å². The van der Waals surface area contributed by atoms with Gasteiger partial charge in [-0.15, -0.1) is 0 Å². The van der Waals surface area contributed by atoms with Gasteiger partial charge in [-0.1, -0.05) is 0 Å². The normalized spacial score (nSPS) is 10.5. The number of carbonyl (C=O) groups excluding carboxylic acids is 1. The largest absolute Gasteiger partial charge is 0.352 e. The molecule has 6 heteroatoms. The molecule has 90 valence electrons. The molecule has 0 saturated heterocycles. The van der Waals surface area contributed by atoms with Crippen LogP contribution in [0.3, 0.4) is 0 Å². The Kier molecular flexibility index (Phi) is 3.22. The van der Waals surface area contributed by atoms with E-state index in [1.54, 1.807) is 12.4 Å². The number of H-pyrrole nitrogens is 2. The molecule has 2 aromatic rings. The van der Waals surface area contributed by atoms with Crippen LogP contribution in [0.25, 0.3) is 0 Å². The molecule has 0 spiro atoms. The summed E-state index contributed by atoms with van der Waals surface area (Å²) < 4.78 is 0. The molecule has 0 bridgehead atoms. The number of aromatic nitrogens is 4. The van der Waals surface area contributed by atoms with Crippen LogP contribution in [0.2, 0.25) is 0 Å². The number of carbonyl (C=O) groups is 1. The van der Waals surface area contributed by atoms with E-state index in [0.717, 1.165) is 22.5 Å². The molecule has 3 N–H and O–H groups in total. The van der Waals surface area contributed by atoms with Gasteiger partial charge in [-0.25, -0.2) is 0 Å². The van der Waals surface area contributed by atoms with Crippen LogP contribution in [0.15, 0.2) is 12.4 Å². The first-order valence-electron chi connectivity index (χ1n) is 5.41. The number of hydrogen-bond donors (Lipinski definition) is 3. The maximum absolute atomic E-state index is 11.7. The van der Waals surface area contributed by atoms with Crippen molar-refractivity contribution in [3.05, 3.63) is 34.9 Å². The second-order valence-electron chi connectivity index (χ2n) is 3.97. The summed E-state index contributed by atoms with van der Waals surface area (Å²) in [6.45, 7) is 4.30. The van der Waals surface area contributed by atoms with Crippen LogP contribution >= 0.6 is 0 Å². The summed E-state index contributed by atoms with van der Waals surface area (Å²) >= 11 is 0. The number of aryl methyl sites for hydroxylation is 2. The molecule has 0 aromatic carbocycles. The first-order valence-corrected chi connectivity index (χ1v) is 5.41. The molecule has 0 atom stereocenters. The van der Waals surface area contributed by atoms with Crippen molar-refractivity contribution >= 4 is 5.91 Å². The van der Waals surface area contributed by atoms with Gasteiger partial charge in [0.25, 0.3) is 0 Å². The van der Waals surface area contributed by atoms with Crippen molar-refractivity contribution in [3.8, 4) is 0 Å². The summed E-state index contributed by atoms with van der Waals surface area (Å²) in [4.78, 5) is 11.7. The molecule has 0 aliphatic carbocycles. The summed E-state index contributed by atoms with van der Waals surface area (Å²) in [6.07, 6.45) is 3.80. The molecular formula is C11H15N5O. The lowest BCUT2D eigenvalue weighted by Crippen LogP contribution is -2.24. The fourth-order valence-corrected chi connectivity index (χ4v) is 1.63. The Hall–Kier alpha value is -2.11. The minimum Gasteiger partial charge on any atom is -0.352 e. The van der Waals surface area contributed by atoms with Crippen LogP contribution in [0.4, 0.5) is 0 Å². The standard InChI is InChI=1S/C11H15N5O/c1-7-10(8(2)16-15-7)3-11(17)12-4-9-5-13-14-6-9/h5-6H,3-4H2,1-2H3,(H,12,17)(H,13,14)(H,15,16). The molecule has 0 aliphatic heterocycles. The second kappa shape index (κ2) is 4.82. The Morgan fingerprint density at radius 2 is 2.29 bits per heavy atom. The lowest BCUT2D eigenvalue weighted by molar-refractivity contribution is -0.120. The van der Waals surface area contributed by atoms with Gasteiger partial charge in [0.15, 0.2) is 0 Å². The van der Waals surface area contributed by atoms with E-state index in [4.69, 9.17) is 0 Å². The topological polar surface area (TPSA) is 86.5 Å². The summed E-state index contributed by atoms with van der Waals surface area (Å²) in [6, 6.07) is 0. The molecule has 2 rings (SSSR count). The maximum Gasteiger partial charge on any atom is 0.224 e. The molecule has 17 heavy (non-hydrogen) atoms. The van der Waals surface area contributed by atoms with Gasteiger partial charge in [0.2, 0.25) is 5.91 Å². The maximum atomic E-state index is 11.7. The minimum atomic E-state index is -0.0150. The molecule has 0 fully saturated rings. The van der Waals surface area contributed by atoms with E-state index in [0.29, 0.717) is 13.0 Å². The number of rotatable bonds is 4. The van der Waals surface area contributed by atoms with Crippen LogP contribution < -0.4 is 5.32 Å². The first kappa shape index (κ1) is 11.4. The Labute approximate surface area is 98.8 Å². The zero-order valence-corrected chi connectivity index (χ0v) is 9.87. The quantitative estimate of drug-likeness (QED) is 0.723. The molecule has 1 amide bonds. The third-order valence-corrected chi connectivity index (χ3v) is 2.66. The van der Waals surface area contributed by atoms with Gasteiger partial charge in [-0.05, 0) is 13.8 Å². The van der Waals surface area contributed by atoms with Gasteiger partial charge in [-0.2, -0.15) is 10.2 Å². The fraction of sp³-hybridized carbons (Fsp3) is 0.364. The minimum absolute atomic E-state index is 0.0150. The smallest absolute Gasteiger partial charge is 0.224 e. The van der Waals surface area contributed by atoms with Crippen LogP contribution in [0.1, 0.15) is 22.5 Å². The van der Waals surface area contributed by atoms with Crippen LogP contribution in [0, 0.1) is 13.8 Å². The fourth-order valence-electron chi connectivity index (χ4n) is 1.63. The van der Waals surface area contributed by atoms with E-state index in [1.165, 1.54) is 0 Å². The van der Waals surface area contributed by atoms with Crippen molar-refractivity contribution in [1.29, 1.82) is 0 Å². The third-order valence-electron chi connectivity index (χ3n) is 2.66. The van der Waals surface area contributed by atoms with Crippen molar-refractivity contribution in [2.24, 2.45) is 0 Å². The Bertz CT molecular complexity index is 480. The molecular weight excluding hydrogens is 218 g/mol. The monoisotopic (exact) mass is 233 g/mol. The average Bonchev–Trinajstić information content (AvgIpc) is 2.91. The number of hydrogen-bond acceptors (Lipinski definition) is 3. The molecule has 0 saturated carbocycles. The molecule has 2 aromatic heterocycles. The molecule has 6 nitrogen and oxygen atoms in total. The van der Waals surface area contributed by atoms with Crippen molar-refractivity contribution in [1.82, 2.24) is 25.7 Å². The molecule has 0 aliphatic rings. The van der Waals surface area contributed by atoms with Crippen LogP contribution in [-0.2, 0) is 17.8 Å². The highest BCUT2D eigenvalue weighted by molar-refractivity contribution is 5.79. The summed E-state index contributed by atoms with van der Waals surface area (Å²) in [5.74, 6) is -0.0150. The van der Waals surface area contributed by atoms with Gasteiger partial charge < -0.3 is 5.32 Å². The van der Waals surface area contributed by atoms with E-state index in [1.807, 2.05) is 13.8 Å². The lowest BCUT2D eigenvalue weighted by atomic mass is 10.1. The summed E-state index contributed by atoms with van der Waals surface area (Å²) in [5.41, 5.74) is 3.75. The highest BCUT2D eigenvalue weighted by Gasteiger charge is 2.11. The average molecular weight is 233 g/mol. The highest BCUT2D eigenvalue weighted by Crippen LogP contribution is 2.09. The van der Waals surface area contributed by atoms with E-state index >= 15 is 0 Å². The van der Waals surface area contributed by atoms with Gasteiger partial charge >= 0.3 is 0 Å². The summed E-state index contributed by atoms with van der Waals surface area (Å²) in [7, 11) is 0. The van der Waals surface area contributed by atoms with Crippen molar-refractivity contribution in [2.75, 3.05) is 0 Å². The van der Waals surface area contributed by atoms with Gasteiger partial charge in [-0.3, -0.25) is 15.0 Å². The number of nitrogens with zero attached hydrogens (tertiary/aromatic N) is 2. The van der Waals surface area contributed by atoms with E-state index in [9.17, 15) is 4.79 Å². The summed E-state index contributed by atoms with van der Waals surface area (Å²) in [5, 5.41) is 16.3. The van der Waals surface area contributed by atoms with Gasteiger partial charge in [0.1, 0.15) is 0 Å². The Balaban J connectivity index is 1.89.